The van der Waals surface area contributed by atoms with Crippen LogP contribution in [-0.2, 0) is 11.2 Å². The minimum absolute atomic E-state index is 0.0814. The van der Waals surface area contributed by atoms with Crippen molar-refractivity contribution in [3.63, 3.8) is 0 Å². The topological polar surface area (TPSA) is 72.5 Å². The number of hydrogen-bond donors (Lipinski definition) is 1. The Morgan fingerprint density at radius 2 is 2.15 bits per heavy atom. The van der Waals surface area contributed by atoms with E-state index in [0.29, 0.717) is 18.1 Å². The zero-order valence-electron chi connectivity index (χ0n) is 15.6. The Morgan fingerprint density at radius 1 is 1.30 bits per heavy atom. The lowest BCUT2D eigenvalue weighted by molar-refractivity contribution is -0.00960. The number of aliphatic hydroxyl groups excluding tert-OH is 1. The van der Waals surface area contributed by atoms with E-state index in [-0.39, 0.29) is 6.10 Å². The lowest BCUT2D eigenvalue weighted by Gasteiger charge is -2.26. The van der Waals surface area contributed by atoms with Gasteiger partial charge in [0, 0.05) is 17.1 Å². The van der Waals surface area contributed by atoms with Gasteiger partial charge in [0.2, 0.25) is 0 Å². The highest BCUT2D eigenvalue weighted by Gasteiger charge is 2.21. The van der Waals surface area contributed by atoms with Crippen molar-refractivity contribution in [1.82, 2.24) is 19.6 Å². The smallest absolute Gasteiger partial charge is 0.256 e. The van der Waals surface area contributed by atoms with Crippen LogP contribution in [0.1, 0.15) is 41.5 Å². The highest BCUT2D eigenvalue weighted by atomic mass is 32.2. The predicted molar refractivity (Wildman–Crippen MR) is 105 cm³/mol. The maximum atomic E-state index is 10.4. The number of aromatic nitrogens is 4. The number of aliphatic hydroxyl groups is 1. The molecule has 4 rings (SSSR count). The number of hydrogen-bond acceptors (Lipinski definition) is 6. The van der Waals surface area contributed by atoms with Crippen molar-refractivity contribution in [3.8, 4) is 0 Å². The van der Waals surface area contributed by atoms with E-state index in [1.807, 2.05) is 24.3 Å². The molecule has 27 heavy (non-hydrogen) atoms. The lowest BCUT2D eigenvalue weighted by Crippen LogP contribution is -2.22. The summed E-state index contributed by atoms with van der Waals surface area (Å²) >= 11 is 1.48. The van der Waals surface area contributed by atoms with Crippen molar-refractivity contribution >= 4 is 17.5 Å². The predicted octanol–water partition coefficient (Wildman–Crippen LogP) is 3.29. The average molecular weight is 385 g/mol. The zero-order chi connectivity index (χ0) is 18.8. The van der Waals surface area contributed by atoms with Crippen molar-refractivity contribution in [3.05, 3.63) is 52.8 Å². The minimum Gasteiger partial charge on any atom is -0.390 e. The van der Waals surface area contributed by atoms with Crippen LogP contribution in [0.3, 0.4) is 0 Å². The zero-order valence-corrected chi connectivity index (χ0v) is 16.4. The van der Waals surface area contributed by atoms with Crippen LogP contribution < -0.4 is 0 Å². The maximum Gasteiger partial charge on any atom is 0.256 e. The second kappa shape index (κ2) is 7.96. The molecule has 0 radical (unpaired) electrons. The Bertz CT molecular complexity index is 943. The second-order valence-electron chi connectivity index (χ2n) is 7.03. The molecule has 1 N–H and O–H groups in total. The van der Waals surface area contributed by atoms with Gasteiger partial charge in [-0.2, -0.15) is 0 Å². The van der Waals surface area contributed by atoms with Gasteiger partial charge in [-0.1, -0.05) is 36.0 Å². The molecule has 2 heterocycles. The Balaban J connectivity index is 1.35. The highest BCUT2D eigenvalue weighted by Crippen LogP contribution is 2.32. The summed E-state index contributed by atoms with van der Waals surface area (Å²) in [7, 11) is 0. The molecule has 142 valence electrons. The van der Waals surface area contributed by atoms with Gasteiger partial charge in [0.15, 0.2) is 5.16 Å². The molecule has 6 nitrogen and oxygen atoms in total. The summed E-state index contributed by atoms with van der Waals surface area (Å²) in [4.78, 5) is 4.39. The third-order valence-electron chi connectivity index (χ3n) is 4.87. The highest BCUT2D eigenvalue weighted by molar-refractivity contribution is 7.99. The molecule has 0 bridgehead atoms. The Morgan fingerprint density at radius 3 is 3.04 bits per heavy atom. The number of thioether (sulfide) groups is 1. The van der Waals surface area contributed by atoms with Crippen molar-refractivity contribution in [2.45, 2.75) is 50.5 Å². The Hall–Kier alpha value is -1.96. The third-order valence-corrected chi connectivity index (χ3v) is 5.95. The molecule has 0 spiro atoms. The van der Waals surface area contributed by atoms with Crippen LogP contribution in [0.4, 0.5) is 0 Å². The molecule has 3 aromatic rings. The molecule has 1 aromatic carbocycles. The summed E-state index contributed by atoms with van der Waals surface area (Å²) in [5, 5.41) is 19.5. The molecule has 0 amide bonds. The van der Waals surface area contributed by atoms with Crippen molar-refractivity contribution in [2.24, 2.45) is 0 Å². The first-order valence-electron chi connectivity index (χ1n) is 9.31. The normalized spacial score (nSPS) is 17.8. The molecule has 2 atom stereocenters. The summed E-state index contributed by atoms with van der Waals surface area (Å²) in [6.45, 7) is 4.27. The van der Waals surface area contributed by atoms with Crippen LogP contribution in [0.5, 0.6) is 0 Å². The van der Waals surface area contributed by atoms with Gasteiger partial charge in [-0.3, -0.25) is 4.40 Å². The molecule has 2 aromatic heterocycles. The number of rotatable bonds is 6. The van der Waals surface area contributed by atoms with Gasteiger partial charge < -0.3 is 9.84 Å². The van der Waals surface area contributed by atoms with Crippen LogP contribution in [0.15, 0.2) is 35.5 Å². The first-order valence-corrected chi connectivity index (χ1v) is 10.3. The van der Waals surface area contributed by atoms with Gasteiger partial charge in [0.25, 0.3) is 5.78 Å². The minimum atomic E-state index is -0.560. The molecule has 7 heteroatoms. The van der Waals surface area contributed by atoms with Crippen LogP contribution in [-0.4, -0.2) is 43.2 Å². The first kappa shape index (κ1) is 18.4. The second-order valence-corrected chi connectivity index (χ2v) is 8.02. The van der Waals surface area contributed by atoms with Gasteiger partial charge in [0.1, 0.15) is 0 Å². The molecule has 1 aliphatic rings. The molecule has 0 fully saturated rings. The van der Waals surface area contributed by atoms with Gasteiger partial charge >= 0.3 is 0 Å². The summed E-state index contributed by atoms with van der Waals surface area (Å²) < 4.78 is 7.97. The van der Waals surface area contributed by atoms with E-state index in [1.54, 1.807) is 0 Å². The van der Waals surface area contributed by atoms with E-state index in [4.69, 9.17) is 4.74 Å². The van der Waals surface area contributed by atoms with Gasteiger partial charge in [-0.05, 0) is 50.3 Å². The van der Waals surface area contributed by atoms with E-state index in [2.05, 4.69) is 39.4 Å². The van der Waals surface area contributed by atoms with E-state index in [0.717, 1.165) is 35.8 Å². The fourth-order valence-corrected chi connectivity index (χ4v) is 4.51. The van der Waals surface area contributed by atoms with E-state index < -0.39 is 6.10 Å². The average Bonchev–Trinajstić information content (AvgIpc) is 3.07. The number of aryl methyl sites for hydroxylation is 3. The van der Waals surface area contributed by atoms with E-state index in [1.165, 1.54) is 22.9 Å². The quantitative estimate of drug-likeness (QED) is 0.658. The summed E-state index contributed by atoms with van der Waals surface area (Å²) in [5.41, 5.74) is 4.59. The van der Waals surface area contributed by atoms with Crippen LogP contribution in [0.2, 0.25) is 0 Å². The maximum absolute atomic E-state index is 10.4. The van der Waals surface area contributed by atoms with E-state index in [9.17, 15) is 5.11 Å². The SMILES string of the molecule is Cc1cc(C)n2c(SC[C@H](O)CO[C@@H]3CCCc4ccccc43)nnc2n1. The monoisotopic (exact) mass is 384 g/mol. The molecule has 0 aliphatic heterocycles. The molecule has 0 saturated heterocycles. The fourth-order valence-electron chi connectivity index (χ4n) is 3.62. The van der Waals surface area contributed by atoms with Crippen LogP contribution >= 0.6 is 11.8 Å². The van der Waals surface area contributed by atoms with Crippen LogP contribution in [0.25, 0.3) is 5.78 Å². The largest absolute Gasteiger partial charge is 0.390 e. The molecule has 0 unspecified atom stereocenters. The number of fused-ring (bicyclic) bond motifs is 2. The Labute approximate surface area is 163 Å². The summed E-state index contributed by atoms with van der Waals surface area (Å²) in [6, 6.07) is 10.4. The van der Waals surface area contributed by atoms with Crippen LogP contribution in [0, 0.1) is 13.8 Å². The van der Waals surface area contributed by atoms with Gasteiger partial charge in [-0.25, -0.2) is 4.98 Å². The lowest BCUT2D eigenvalue weighted by atomic mass is 9.89. The number of nitrogens with zero attached hydrogens (tertiary/aromatic N) is 4. The van der Waals surface area contributed by atoms with Crippen molar-refractivity contribution in [1.29, 1.82) is 0 Å². The Kier molecular flexibility index (Phi) is 5.43. The molecule has 1 aliphatic carbocycles. The fraction of sp³-hybridized carbons (Fsp3) is 0.450. The van der Waals surface area contributed by atoms with Gasteiger partial charge in [0.05, 0.1) is 18.8 Å². The first-order chi connectivity index (χ1) is 13.1. The third kappa shape index (κ3) is 4.00. The molecular weight excluding hydrogens is 360 g/mol. The van der Waals surface area contributed by atoms with Crippen molar-refractivity contribution in [2.75, 3.05) is 12.4 Å². The molecular formula is C20H24N4O2S. The van der Waals surface area contributed by atoms with Gasteiger partial charge in [-0.15, -0.1) is 10.2 Å². The van der Waals surface area contributed by atoms with Crippen molar-refractivity contribution < 1.29 is 9.84 Å². The molecule has 0 saturated carbocycles. The summed E-state index contributed by atoms with van der Waals surface area (Å²) in [6.07, 6.45) is 2.77. The summed E-state index contributed by atoms with van der Waals surface area (Å²) in [5.74, 6) is 1.10. The van der Waals surface area contributed by atoms with E-state index >= 15 is 0 Å². The number of benzene rings is 1. The standard InChI is InChI=1S/C20H24N4O2S/c1-13-10-14(2)24-19(21-13)22-23-20(24)27-12-16(25)11-26-18-9-5-7-15-6-3-4-8-17(15)18/h3-4,6,8,10,16,18,25H,5,7,9,11-12H2,1-2H3/t16-,18-/m1/s1. The number of ether oxygens (including phenoxy) is 1.